The fraction of sp³-hybridized carbons (Fsp3) is 0.500. The quantitative estimate of drug-likeness (QED) is 0.910. The number of anilines is 1. The maximum absolute atomic E-state index is 9.01. The van der Waals surface area contributed by atoms with Crippen LogP contribution in [0, 0.1) is 0 Å². The Kier molecular flexibility index (Phi) is 4.61. The minimum atomic E-state index is 0.0892. The summed E-state index contributed by atoms with van der Waals surface area (Å²) >= 11 is 3.53. The van der Waals surface area contributed by atoms with Gasteiger partial charge in [0.25, 0.3) is 0 Å². The number of aliphatic hydroxyl groups is 1. The lowest BCUT2D eigenvalue weighted by atomic mass is 10.1. The molecule has 3 heteroatoms. The third-order valence-electron chi connectivity index (χ3n) is 2.83. The Morgan fingerprint density at radius 1 is 1.47 bits per heavy atom. The first-order valence-electron chi connectivity index (χ1n) is 5.22. The van der Waals surface area contributed by atoms with E-state index < -0.39 is 0 Å². The van der Waals surface area contributed by atoms with E-state index in [4.69, 9.17) is 5.11 Å². The van der Waals surface area contributed by atoms with Gasteiger partial charge in [-0.2, -0.15) is 0 Å². The summed E-state index contributed by atoms with van der Waals surface area (Å²) in [6.45, 7) is 4.47. The van der Waals surface area contributed by atoms with Crippen LogP contribution < -0.4 is 4.90 Å². The molecule has 15 heavy (non-hydrogen) atoms. The van der Waals surface area contributed by atoms with Crippen molar-refractivity contribution in [3.8, 4) is 0 Å². The Hall–Kier alpha value is -0.540. The Balaban J connectivity index is 2.95. The van der Waals surface area contributed by atoms with Gasteiger partial charge >= 0.3 is 0 Å². The van der Waals surface area contributed by atoms with Crippen molar-refractivity contribution >= 4 is 21.6 Å². The highest BCUT2D eigenvalue weighted by Gasteiger charge is 2.11. The molecule has 0 heterocycles. The first kappa shape index (κ1) is 12.5. The fourth-order valence-electron chi connectivity index (χ4n) is 1.45. The predicted octanol–water partition coefficient (Wildman–Crippen LogP) is 3.18. The van der Waals surface area contributed by atoms with Crippen molar-refractivity contribution in [2.45, 2.75) is 32.9 Å². The molecule has 0 saturated carbocycles. The van der Waals surface area contributed by atoms with Crippen LogP contribution in [0.5, 0.6) is 0 Å². The van der Waals surface area contributed by atoms with Gasteiger partial charge in [0.15, 0.2) is 0 Å². The van der Waals surface area contributed by atoms with Gasteiger partial charge in [0, 0.05) is 17.6 Å². The SMILES string of the molecule is CCC(C)N(C)c1ccc(CO)cc1Br. The average Bonchev–Trinajstić information content (AvgIpc) is 2.26. The highest BCUT2D eigenvalue weighted by molar-refractivity contribution is 9.10. The molecule has 1 atom stereocenters. The summed E-state index contributed by atoms with van der Waals surface area (Å²) in [6.07, 6.45) is 1.12. The summed E-state index contributed by atoms with van der Waals surface area (Å²) < 4.78 is 1.04. The van der Waals surface area contributed by atoms with Crippen molar-refractivity contribution in [1.29, 1.82) is 0 Å². The molecule has 1 rings (SSSR count). The van der Waals surface area contributed by atoms with Gasteiger partial charge in [0.05, 0.1) is 12.3 Å². The molecule has 1 aromatic rings. The number of nitrogens with zero attached hydrogens (tertiary/aromatic N) is 1. The second-order valence-corrected chi connectivity index (χ2v) is 4.67. The molecule has 0 radical (unpaired) electrons. The maximum Gasteiger partial charge on any atom is 0.0682 e. The average molecular weight is 272 g/mol. The molecule has 1 aromatic carbocycles. The molecular weight excluding hydrogens is 254 g/mol. The van der Waals surface area contributed by atoms with Gasteiger partial charge in [0.2, 0.25) is 0 Å². The van der Waals surface area contributed by atoms with Gasteiger partial charge in [0.1, 0.15) is 0 Å². The number of halogens is 1. The molecule has 0 amide bonds. The van der Waals surface area contributed by atoms with E-state index in [9.17, 15) is 0 Å². The summed E-state index contributed by atoms with van der Waals surface area (Å²) in [7, 11) is 2.09. The third-order valence-corrected chi connectivity index (χ3v) is 3.46. The van der Waals surface area contributed by atoms with Gasteiger partial charge in [-0.25, -0.2) is 0 Å². The summed E-state index contributed by atoms with van der Waals surface area (Å²) in [6, 6.07) is 6.48. The fourth-order valence-corrected chi connectivity index (χ4v) is 2.15. The van der Waals surface area contributed by atoms with Crippen LogP contribution in [0.15, 0.2) is 22.7 Å². The maximum atomic E-state index is 9.01. The number of rotatable bonds is 4. The summed E-state index contributed by atoms with van der Waals surface area (Å²) in [5.74, 6) is 0. The Bertz CT molecular complexity index is 327. The standard InChI is InChI=1S/C12H18BrNO/c1-4-9(2)14(3)12-6-5-10(8-15)7-11(12)13/h5-7,9,15H,4,8H2,1-3H3. The van der Waals surface area contributed by atoms with E-state index in [-0.39, 0.29) is 6.61 Å². The van der Waals surface area contributed by atoms with E-state index in [1.807, 2.05) is 18.2 Å². The second kappa shape index (κ2) is 5.52. The van der Waals surface area contributed by atoms with Crippen molar-refractivity contribution in [3.05, 3.63) is 28.2 Å². The molecule has 0 bridgehead atoms. The van der Waals surface area contributed by atoms with Gasteiger partial charge in [-0.05, 0) is 47.0 Å². The highest BCUT2D eigenvalue weighted by Crippen LogP contribution is 2.28. The molecule has 0 saturated heterocycles. The lowest BCUT2D eigenvalue weighted by Gasteiger charge is -2.27. The van der Waals surface area contributed by atoms with Crippen LogP contribution in [0.1, 0.15) is 25.8 Å². The number of benzene rings is 1. The predicted molar refractivity (Wildman–Crippen MR) is 68.2 cm³/mol. The van der Waals surface area contributed by atoms with Gasteiger partial charge < -0.3 is 10.0 Å². The Morgan fingerprint density at radius 3 is 2.60 bits per heavy atom. The smallest absolute Gasteiger partial charge is 0.0682 e. The minimum Gasteiger partial charge on any atom is -0.392 e. The van der Waals surface area contributed by atoms with Crippen molar-refractivity contribution < 1.29 is 5.11 Å². The second-order valence-electron chi connectivity index (χ2n) is 3.81. The zero-order valence-electron chi connectivity index (χ0n) is 9.50. The van der Waals surface area contributed by atoms with Crippen molar-refractivity contribution in [3.63, 3.8) is 0 Å². The van der Waals surface area contributed by atoms with E-state index in [0.29, 0.717) is 6.04 Å². The van der Waals surface area contributed by atoms with Crippen LogP contribution in [-0.2, 0) is 6.61 Å². The van der Waals surface area contributed by atoms with E-state index in [1.54, 1.807) is 0 Å². The zero-order valence-corrected chi connectivity index (χ0v) is 11.1. The molecule has 1 unspecified atom stereocenters. The molecule has 0 aliphatic heterocycles. The van der Waals surface area contributed by atoms with E-state index >= 15 is 0 Å². The molecular formula is C12H18BrNO. The van der Waals surface area contributed by atoms with E-state index in [2.05, 4.69) is 41.7 Å². The van der Waals surface area contributed by atoms with Crippen LogP contribution in [0.3, 0.4) is 0 Å². The normalized spacial score (nSPS) is 12.6. The molecule has 0 aromatic heterocycles. The molecule has 1 N–H and O–H groups in total. The lowest BCUT2D eigenvalue weighted by Crippen LogP contribution is -2.28. The Morgan fingerprint density at radius 2 is 2.13 bits per heavy atom. The largest absolute Gasteiger partial charge is 0.392 e. The molecule has 2 nitrogen and oxygen atoms in total. The van der Waals surface area contributed by atoms with Crippen molar-refractivity contribution in [2.24, 2.45) is 0 Å². The van der Waals surface area contributed by atoms with Crippen molar-refractivity contribution in [2.75, 3.05) is 11.9 Å². The summed E-state index contributed by atoms with van der Waals surface area (Å²) in [4.78, 5) is 2.24. The molecule has 0 spiro atoms. The van der Waals surface area contributed by atoms with Gasteiger partial charge in [-0.3, -0.25) is 0 Å². The lowest BCUT2D eigenvalue weighted by molar-refractivity contribution is 0.282. The van der Waals surface area contributed by atoms with E-state index in [1.165, 1.54) is 5.69 Å². The van der Waals surface area contributed by atoms with Crippen LogP contribution in [-0.4, -0.2) is 18.2 Å². The number of hydrogen-bond acceptors (Lipinski definition) is 2. The molecule has 0 aliphatic carbocycles. The van der Waals surface area contributed by atoms with Crippen LogP contribution in [0.2, 0.25) is 0 Å². The minimum absolute atomic E-state index is 0.0892. The molecule has 84 valence electrons. The van der Waals surface area contributed by atoms with Gasteiger partial charge in [-0.1, -0.05) is 13.0 Å². The van der Waals surface area contributed by atoms with Crippen LogP contribution >= 0.6 is 15.9 Å². The highest BCUT2D eigenvalue weighted by atomic mass is 79.9. The zero-order chi connectivity index (χ0) is 11.4. The summed E-state index contributed by atoms with van der Waals surface area (Å²) in [5.41, 5.74) is 2.10. The van der Waals surface area contributed by atoms with Gasteiger partial charge in [-0.15, -0.1) is 0 Å². The number of hydrogen-bond donors (Lipinski definition) is 1. The van der Waals surface area contributed by atoms with Crippen LogP contribution in [0.25, 0.3) is 0 Å². The number of aliphatic hydroxyl groups excluding tert-OH is 1. The monoisotopic (exact) mass is 271 g/mol. The Labute approximate surface area is 100 Å². The first-order valence-corrected chi connectivity index (χ1v) is 6.01. The molecule has 0 fully saturated rings. The summed E-state index contributed by atoms with van der Waals surface area (Å²) in [5, 5.41) is 9.01. The van der Waals surface area contributed by atoms with E-state index in [0.717, 1.165) is 16.5 Å². The van der Waals surface area contributed by atoms with Crippen molar-refractivity contribution in [1.82, 2.24) is 0 Å². The van der Waals surface area contributed by atoms with Crippen LogP contribution in [0.4, 0.5) is 5.69 Å². The first-order chi connectivity index (χ1) is 7.10. The molecule has 0 aliphatic rings. The topological polar surface area (TPSA) is 23.5 Å². The third kappa shape index (κ3) is 2.95.